The maximum Gasteiger partial charge on any atom is 0.328 e. The van der Waals surface area contributed by atoms with Crippen LogP contribution in [0.5, 0.6) is 0 Å². The van der Waals surface area contributed by atoms with Gasteiger partial charge in [0.2, 0.25) is 59.1 Å². The molecule has 28 heteroatoms. The standard InChI is InChI=1S/C59H84Cl2N14O12/c1-8-87-59(86)47(26-33(2)3)73-56(83)45(28-39-31-64-32-66-39)71-52(79)35(6)68-58(85)51(34(4)5)74-53(80)36(7)67-55(82)44(27-38-30-65-42-14-10-9-13-41(38)42)72-54(81)43(20-21-48(62)76)70-57(84)46(29-49(63)77)69-50(78)15-11-12-37-16-18-40(19-17-37)75(24-22-60)25-23-61/h9-10,13-14,16-19,30-36,43-47,51,65H,8,11-12,15,20-29H2,1-7H3,(H2,62,76)(H2,63,77)(H,64,66)(H,67,82)(H,68,85)(H,69,78)(H,70,84)(H,71,79)(H,72,81)(H,73,83)(H,74,80)/t35-,36+,43+,44+,45+,46+,47+,51+/m1/s1. The summed E-state index contributed by atoms with van der Waals surface area (Å²) in [6.07, 6.45) is 3.85. The van der Waals surface area contributed by atoms with Gasteiger partial charge in [0.25, 0.3) is 0 Å². The van der Waals surface area contributed by atoms with E-state index in [-0.39, 0.29) is 44.6 Å². The molecule has 0 aliphatic rings. The number of rotatable bonds is 38. The molecule has 476 valence electrons. The minimum atomic E-state index is -1.57. The third kappa shape index (κ3) is 23.9. The molecule has 0 aliphatic heterocycles. The molecule has 26 nitrogen and oxygen atoms in total. The molecule has 0 radical (unpaired) electrons. The summed E-state index contributed by atoms with van der Waals surface area (Å²) < 4.78 is 5.18. The fourth-order valence-corrected chi connectivity index (χ4v) is 9.70. The number of amides is 10. The maximum atomic E-state index is 14.4. The lowest BCUT2D eigenvalue weighted by molar-refractivity contribution is -0.148. The van der Waals surface area contributed by atoms with Gasteiger partial charge in [0.05, 0.1) is 19.4 Å². The number of carbonyl (C=O) groups excluding carboxylic acids is 11. The van der Waals surface area contributed by atoms with Gasteiger partial charge >= 0.3 is 5.97 Å². The second-order valence-corrected chi connectivity index (χ2v) is 22.6. The zero-order valence-electron chi connectivity index (χ0n) is 50.2. The Balaban J connectivity index is 1.47. The van der Waals surface area contributed by atoms with E-state index in [1.54, 1.807) is 51.2 Å². The number of para-hydroxylation sites is 1. The summed E-state index contributed by atoms with van der Waals surface area (Å²) in [7, 11) is 0. The first kappa shape index (κ1) is 71.2. The van der Waals surface area contributed by atoms with Crippen LogP contribution in [-0.2, 0) is 76.7 Å². The van der Waals surface area contributed by atoms with E-state index < -0.39 is 132 Å². The largest absolute Gasteiger partial charge is 0.464 e. The lowest BCUT2D eigenvalue weighted by Gasteiger charge is -2.28. The highest BCUT2D eigenvalue weighted by atomic mass is 35.5. The number of aromatic amines is 2. The van der Waals surface area contributed by atoms with Crippen LogP contribution in [0.1, 0.15) is 104 Å². The molecular formula is C59H84Cl2N14O12. The number of nitrogens with one attached hydrogen (secondary N) is 10. The van der Waals surface area contributed by atoms with Gasteiger partial charge in [-0.05, 0) is 87.6 Å². The van der Waals surface area contributed by atoms with Crippen molar-refractivity contribution in [2.45, 2.75) is 155 Å². The molecule has 4 aromatic rings. The molecule has 0 spiro atoms. The van der Waals surface area contributed by atoms with E-state index in [4.69, 9.17) is 39.4 Å². The van der Waals surface area contributed by atoms with E-state index in [1.807, 2.05) is 43.0 Å². The summed E-state index contributed by atoms with van der Waals surface area (Å²) in [5.41, 5.74) is 14.6. The Morgan fingerprint density at radius 1 is 0.621 bits per heavy atom. The van der Waals surface area contributed by atoms with Gasteiger partial charge in [0.1, 0.15) is 48.3 Å². The van der Waals surface area contributed by atoms with Gasteiger partial charge in [-0.15, -0.1) is 23.2 Å². The first-order valence-electron chi connectivity index (χ1n) is 29.0. The Kier molecular flexibility index (Phi) is 29.5. The van der Waals surface area contributed by atoms with E-state index in [9.17, 15) is 52.7 Å². The predicted octanol–water partition coefficient (Wildman–Crippen LogP) is 1.31. The molecule has 0 saturated carbocycles. The fourth-order valence-electron chi connectivity index (χ4n) is 9.29. The summed E-state index contributed by atoms with van der Waals surface area (Å²) in [6.45, 7) is 12.7. The monoisotopic (exact) mass is 1250 g/mol. The molecule has 8 atom stereocenters. The number of esters is 1. The minimum absolute atomic E-state index is 0.00569. The maximum absolute atomic E-state index is 14.4. The fraction of sp³-hybridized carbons (Fsp3) is 0.525. The molecule has 2 aromatic carbocycles. The number of carbonyl (C=O) groups is 11. The van der Waals surface area contributed by atoms with Crippen LogP contribution in [-0.4, -0.2) is 160 Å². The number of alkyl halides is 2. The molecule has 0 aliphatic carbocycles. The average Bonchev–Trinajstić information content (AvgIpc) is 3.01. The van der Waals surface area contributed by atoms with Gasteiger partial charge in [-0.3, -0.25) is 47.9 Å². The van der Waals surface area contributed by atoms with Gasteiger partial charge in [-0.25, -0.2) is 9.78 Å². The first-order valence-corrected chi connectivity index (χ1v) is 30.0. The number of imidazole rings is 1. The average molecular weight is 1250 g/mol. The summed E-state index contributed by atoms with van der Waals surface area (Å²) in [4.78, 5) is 160. The molecular weight excluding hydrogens is 1170 g/mol. The molecule has 14 N–H and O–H groups in total. The van der Waals surface area contributed by atoms with Crippen molar-refractivity contribution in [1.82, 2.24) is 57.5 Å². The topological polar surface area (TPSA) is 393 Å². The summed E-state index contributed by atoms with van der Waals surface area (Å²) in [6, 6.07) is 4.08. The van der Waals surface area contributed by atoms with Gasteiger partial charge in [-0.2, -0.15) is 0 Å². The van der Waals surface area contributed by atoms with Crippen LogP contribution in [0.15, 0.2) is 67.3 Å². The number of nitrogens with two attached hydrogens (primary N) is 2. The molecule has 0 unspecified atom stereocenters. The highest BCUT2D eigenvalue weighted by Gasteiger charge is 2.35. The number of halogens is 2. The molecule has 0 saturated heterocycles. The third-order valence-corrected chi connectivity index (χ3v) is 14.3. The zero-order valence-corrected chi connectivity index (χ0v) is 51.7. The van der Waals surface area contributed by atoms with Crippen molar-refractivity contribution in [3.8, 4) is 0 Å². The first-order chi connectivity index (χ1) is 41.3. The van der Waals surface area contributed by atoms with E-state index >= 15 is 0 Å². The number of H-pyrrole nitrogens is 2. The van der Waals surface area contributed by atoms with Crippen molar-refractivity contribution in [3.05, 3.63) is 84.1 Å². The van der Waals surface area contributed by atoms with Crippen LogP contribution in [0.25, 0.3) is 10.9 Å². The molecule has 4 rings (SSSR count). The smallest absolute Gasteiger partial charge is 0.328 e. The second kappa shape index (κ2) is 36.0. The van der Waals surface area contributed by atoms with Crippen molar-refractivity contribution in [3.63, 3.8) is 0 Å². The number of ether oxygens (including phenoxy) is 1. The van der Waals surface area contributed by atoms with Crippen LogP contribution in [0.3, 0.4) is 0 Å². The van der Waals surface area contributed by atoms with Crippen molar-refractivity contribution < 1.29 is 57.5 Å². The van der Waals surface area contributed by atoms with Crippen LogP contribution in [0.2, 0.25) is 0 Å². The van der Waals surface area contributed by atoms with Crippen LogP contribution in [0, 0.1) is 11.8 Å². The minimum Gasteiger partial charge on any atom is -0.464 e. The summed E-state index contributed by atoms with van der Waals surface area (Å²) >= 11 is 11.9. The number of primary amides is 2. The number of hydrogen-bond acceptors (Lipinski definition) is 14. The van der Waals surface area contributed by atoms with Crippen LogP contribution >= 0.6 is 23.2 Å². The molecule has 2 aromatic heterocycles. The Bertz CT molecular complexity index is 2950. The number of aryl methyl sites for hydroxylation is 1. The third-order valence-electron chi connectivity index (χ3n) is 13.9. The molecule has 0 bridgehead atoms. The van der Waals surface area contributed by atoms with E-state index in [2.05, 4.69) is 57.5 Å². The van der Waals surface area contributed by atoms with Crippen molar-refractivity contribution in [1.29, 1.82) is 0 Å². The van der Waals surface area contributed by atoms with Crippen LogP contribution in [0.4, 0.5) is 5.69 Å². The summed E-state index contributed by atoms with van der Waals surface area (Å²) in [5, 5.41) is 21.5. The van der Waals surface area contributed by atoms with E-state index in [0.717, 1.165) is 11.3 Å². The van der Waals surface area contributed by atoms with E-state index in [0.29, 0.717) is 59.9 Å². The van der Waals surface area contributed by atoms with Crippen molar-refractivity contribution in [2.75, 3.05) is 36.4 Å². The molecule has 0 fully saturated rings. The number of aromatic nitrogens is 3. The Labute approximate surface area is 516 Å². The van der Waals surface area contributed by atoms with E-state index in [1.165, 1.54) is 26.4 Å². The number of hydrogen-bond donors (Lipinski definition) is 12. The Morgan fingerprint density at radius 2 is 1.20 bits per heavy atom. The quantitative estimate of drug-likeness (QED) is 0.0223. The number of benzene rings is 2. The number of fused-ring (bicyclic) bond motifs is 1. The van der Waals surface area contributed by atoms with Gasteiger partial charge in [0.15, 0.2) is 0 Å². The number of anilines is 1. The lowest BCUT2D eigenvalue weighted by Crippen LogP contribution is -2.60. The highest BCUT2D eigenvalue weighted by Crippen LogP contribution is 2.21. The second-order valence-electron chi connectivity index (χ2n) is 21.8. The van der Waals surface area contributed by atoms with Crippen molar-refractivity contribution >= 4 is 105 Å². The van der Waals surface area contributed by atoms with Gasteiger partial charge in [0, 0.05) is 85.2 Å². The predicted molar refractivity (Wildman–Crippen MR) is 327 cm³/mol. The molecule has 2 heterocycles. The molecule has 10 amide bonds. The van der Waals surface area contributed by atoms with Crippen LogP contribution < -0.4 is 58.9 Å². The summed E-state index contributed by atoms with van der Waals surface area (Å²) in [5.74, 6) is -8.70. The SMILES string of the molecule is CCOC(=O)[C@H](CC(C)C)NC(=O)[C@H](Cc1cnc[nH]1)NC(=O)[C@@H](C)NC(=O)[C@@H](NC(=O)[C@H](C)NC(=O)[C@H](Cc1c[nH]c2ccccc12)NC(=O)[C@H](CCC(N)=O)NC(=O)[C@H](CC(N)=O)NC(=O)CCCc1ccc(N(CCCl)CCCl)cc1)C(C)C. The van der Waals surface area contributed by atoms with Crippen molar-refractivity contribution in [2.24, 2.45) is 23.3 Å². The number of nitrogens with zero attached hydrogens (tertiary/aromatic N) is 2. The Hall–Kier alpha value is -8.26. The Morgan fingerprint density at radius 3 is 1.79 bits per heavy atom. The zero-order chi connectivity index (χ0) is 64.3. The highest BCUT2D eigenvalue weighted by molar-refractivity contribution is 6.18. The molecule has 87 heavy (non-hydrogen) atoms. The van der Waals surface area contributed by atoms with Gasteiger partial charge < -0.3 is 73.6 Å². The van der Waals surface area contributed by atoms with Gasteiger partial charge in [-0.1, -0.05) is 58.0 Å². The normalized spacial score (nSPS) is 14.0. The lowest BCUT2D eigenvalue weighted by atomic mass is 10.0.